The maximum Gasteiger partial charge on any atom is 0.268 e. The minimum atomic E-state index is -0.409. The third-order valence-corrected chi connectivity index (χ3v) is 4.92. The molecule has 3 aromatic heterocycles. The second-order valence-corrected chi connectivity index (χ2v) is 7.72. The van der Waals surface area contributed by atoms with Gasteiger partial charge in [-0.15, -0.1) is 0 Å². The SMILES string of the molecule is CC(C)C(NC(=O)c1cc2ccc(Br)cc2[nH]1)c1nc(-c2ccncc2)no1. The summed E-state index contributed by atoms with van der Waals surface area (Å²) in [6.07, 6.45) is 3.34. The van der Waals surface area contributed by atoms with Crippen molar-refractivity contribution in [2.24, 2.45) is 5.92 Å². The van der Waals surface area contributed by atoms with Crippen molar-refractivity contribution in [1.29, 1.82) is 0 Å². The third kappa shape index (κ3) is 3.68. The van der Waals surface area contributed by atoms with Crippen LogP contribution >= 0.6 is 15.9 Å². The van der Waals surface area contributed by atoms with Crippen molar-refractivity contribution in [2.75, 3.05) is 0 Å². The van der Waals surface area contributed by atoms with Crippen molar-refractivity contribution < 1.29 is 9.32 Å². The molecular weight excluding hydrogens is 422 g/mol. The normalized spacial score (nSPS) is 12.4. The Morgan fingerprint density at radius 2 is 1.96 bits per heavy atom. The topological polar surface area (TPSA) is 96.7 Å². The van der Waals surface area contributed by atoms with Crippen LogP contribution in [-0.2, 0) is 0 Å². The molecule has 142 valence electrons. The van der Waals surface area contributed by atoms with E-state index in [0.717, 1.165) is 20.9 Å². The van der Waals surface area contributed by atoms with E-state index < -0.39 is 6.04 Å². The first kappa shape index (κ1) is 18.4. The zero-order valence-corrected chi connectivity index (χ0v) is 16.9. The van der Waals surface area contributed by atoms with E-state index in [1.54, 1.807) is 24.5 Å². The van der Waals surface area contributed by atoms with E-state index >= 15 is 0 Å². The van der Waals surface area contributed by atoms with E-state index in [4.69, 9.17) is 4.52 Å². The van der Waals surface area contributed by atoms with Gasteiger partial charge in [-0.25, -0.2) is 0 Å². The molecule has 4 aromatic rings. The minimum absolute atomic E-state index is 0.0632. The highest BCUT2D eigenvalue weighted by molar-refractivity contribution is 9.10. The lowest BCUT2D eigenvalue weighted by Crippen LogP contribution is -2.32. The Labute approximate surface area is 169 Å². The number of aromatic nitrogens is 4. The summed E-state index contributed by atoms with van der Waals surface area (Å²) in [6.45, 7) is 3.98. The number of fused-ring (bicyclic) bond motifs is 1. The van der Waals surface area contributed by atoms with Crippen LogP contribution in [0.15, 0.2) is 57.8 Å². The number of H-pyrrole nitrogens is 1. The number of benzene rings is 1. The van der Waals surface area contributed by atoms with Gasteiger partial charge in [0.1, 0.15) is 11.7 Å². The van der Waals surface area contributed by atoms with Gasteiger partial charge in [-0.2, -0.15) is 4.98 Å². The van der Waals surface area contributed by atoms with Crippen LogP contribution in [0.25, 0.3) is 22.3 Å². The molecule has 28 heavy (non-hydrogen) atoms. The van der Waals surface area contributed by atoms with E-state index in [0.29, 0.717) is 17.4 Å². The highest BCUT2D eigenvalue weighted by Crippen LogP contribution is 2.25. The molecule has 1 unspecified atom stereocenters. The van der Waals surface area contributed by atoms with Crippen molar-refractivity contribution in [3.05, 3.63) is 64.8 Å². The molecule has 8 heteroatoms. The predicted molar refractivity (Wildman–Crippen MR) is 109 cm³/mol. The van der Waals surface area contributed by atoms with Crippen LogP contribution in [0.3, 0.4) is 0 Å². The largest absolute Gasteiger partial charge is 0.350 e. The monoisotopic (exact) mass is 439 g/mol. The maximum atomic E-state index is 12.8. The van der Waals surface area contributed by atoms with Crippen LogP contribution < -0.4 is 5.32 Å². The number of pyridine rings is 1. The first-order valence-electron chi connectivity index (χ1n) is 8.84. The number of aromatic amines is 1. The summed E-state index contributed by atoms with van der Waals surface area (Å²) in [6, 6.07) is 10.9. The number of hydrogen-bond donors (Lipinski definition) is 2. The van der Waals surface area contributed by atoms with E-state index in [1.165, 1.54) is 0 Å². The van der Waals surface area contributed by atoms with E-state index in [9.17, 15) is 4.79 Å². The standard InChI is InChI=1S/C20H18BrN5O2/c1-11(2)17(20-25-18(26-28-20)12-5-7-22-8-6-12)24-19(27)16-9-13-3-4-14(21)10-15(13)23-16/h3-11,17,23H,1-2H3,(H,24,27). The first-order chi connectivity index (χ1) is 13.5. The average molecular weight is 440 g/mol. The Morgan fingerprint density at radius 3 is 2.71 bits per heavy atom. The third-order valence-electron chi connectivity index (χ3n) is 4.43. The van der Waals surface area contributed by atoms with Gasteiger partial charge in [0.25, 0.3) is 5.91 Å². The van der Waals surface area contributed by atoms with Crippen molar-refractivity contribution in [1.82, 2.24) is 25.4 Å². The molecule has 0 fully saturated rings. The highest BCUT2D eigenvalue weighted by Gasteiger charge is 2.26. The summed E-state index contributed by atoms with van der Waals surface area (Å²) < 4.78 is 6.39. The summed E-state index contributed by atoms with van der Waals surface area (Å²) in [5.74, 6) is 0.671. The Kier molecular flexibility index (Phi) is 4.95. The van der Waals surface area contributed by atoms with Crippen LogP contribution in [0.1, 0.15) is 36.3 Å². The zero-order chi connectivity index (χ0) is 19.7. The highest BCUT2D eigenvalue weighted by atomic mass is 79.9. The van der Waals surface area contributed by atoms with Gasteiger partial charge < -0.3 is 14.8 Å². The summed E-state index contributed by atoms with van der Waals surface area (Å²) in [7, 11) is 0. The van der Waals surface area contributed by atoms with E-state index in [1.807, 2.05) is 38.1 Å². The Hall–Kier alpha value is -3.00. The van der Waals surface area contributed by atoms with Crippen LogP contribution in [0, 0.1) is 5.92 Å². The molecule has 1 aromatic carbocycles. The van der Waals surface area contributed by atoms with Gasteiger partial charge in [0.05, 0.1) is 0 Å². The maximum absolute atomic E-state index is 12.8. The Morgan fingerprint density at radius 1 is 1.18 bits per heavy atom. The van der Waals surface area contributed by atoms with Crippen LogP contribution in [0.5, 0.6) is 0 Å². The summed E-state index contributed by atoms with van der Waals surface area (Å²) in [5, 5.41) is 8.00. The predicted octanol–water partition coefficient (Wildman–Crippen LogP) is 4.50. The van der Waals surface area contributed by atoms with E-state index in [2.05, 4.69) is 41.4 Å². The Bertz CT molecular complexity index is 1120. The first-order valence-corrected chi connectivity index (χ1v) is 9.63. The fourth-order valence-corrected chi connectivity index (χ4v) is 3.29. The van der Waals surface area contributed by atoms with Gasteiger partial charge in [-0.1, -0.05) is 41.0 Å². The van der Waals surface area contributed by atoms with Gasteiger partial charge in [0.15, 0.2) is 0 Å². The van der Waals surface area contributed by atoms with Gasteiger partial charge >= 0.3 is 0 Å². The molecule has 3 heterocycles. The number of carbonyl (C=O) groups is 1. The molecule has 0 saturated heterocycles. The number of hydrogen-bond acceptors (Lipinski definition) is 5. The minimum Gasteiger partial charge on any atom is -0.350 e. The molecule has 1 amide bonds. The summed E-state index contributed by atoms with van der Waals surface area (Å²) in [4.78, 5) is 24.4. The van der Waals surface area contributed by atoms with Crippen molar-refractivity contribution in [3.8, 4) is 11.4 Å². The fourth-order valence-electron chi connectivity index (χ4n) is 2.93. The van der Waals surface area contributed by atoms with Crippen LogP contribution in [0.4, 0.5) is 0 Å². The summed E-state index contributed by atoms with van der Waals surface area (Å²) >= 11 is 3.44. The molecule has 0 aliphatic heterocycles. The fraction of sp³-hybridized carbons (Fsp3) is 0.200. The molecule has 0 radical (unpaired) electrons. The van der Waals surface area contributed by atoms with Crippen molar-refractivity contribution in [3.63, 3.8) is 0 Å². The number of halogens is 1. The molecule has 4 rings (SSSR count). The molecule has 0 bridgehead atoms. The summed E-state index contributed by atoms with van der Waals surface area (Å²) in [5.41, 5.74) is 2.17. The molecule has 0 aliphatic carbocycles. The van der Waals surface area contributed by atoms with Gasteiger partial charge in [0, 0.05) is 33.3 Å². The number of amides is 1. The zero-order valence-electron chi connectivity index (χ0n) is 15.3. The molecule has 0 saturated carbocycles. The van der Waals surface area contributed by atoms with Crippen LogP contribution in [0.2, 0.25) is 0 Å². The molecule has 7 nitrogen and oxygen atoms in total. The molecule has 1 atom stereocenters. The van der Waals surface area contributed by atoms with Crippen molar-refractivity contribution >= 4 is 32.7 Å². The quantitative estimate of drug-likeness (QED) is 0.476. The average Bonchev–Trinajstić information content (AvgIpc) is 3.33. The lowest BCUT2D eigenvalue weighted by molar-refractivity contribution is 0.0909. The van der Waals surface area contributed by atoms with E-state index in [-0.39, 0.29) is 11.8 Å². The van der Waals surface area contributed by atoms with Gasteiger partial charge in [-0.05, 0) is 36.2 Å². The smallest absolute Gasteiger partial charge is 0.268 e. The van der Waals surface area contributed by atoms with Gasteiger partial charge in [-0.3, -0.25) is 9.78 Å². The molecule has 0 aliphatic rings. The van der Waals surface area contributed by atoms with Crippen LogP contribution in [-0.4, -0.2) is 26.0 Å². The molecule has 2 N–H and O–H groups in total. The second kappa shape index (κ2) is 7.55. The van der Waals surface area contributed by atoms with Crippen molar-refractivity contribution in [2.45, 2.75) is 19.9 Å². The van der Waals surface area contributed by atoms with Gasteiger partial charge in [0.2, 0.25) is 11.7 Å². The molecule has 0 spiro atoms. The number of carbonyl (C=O) groups excluding carboxylic acids is 1. The lowest BCUT2D eigenvalue weighted by Gasteiger charge is -2.18. The molecular formula is C20H18BrN5O2. The Balaban J connectivity index is 1.58. The second-order valence-electron chi connectivity index (χ2n) is 6.80. The number of nitrogens with one attached hydrogen (secondary N) is 2. The number of nitrogens with zero attached hydrogens (tertiary/aromatic N) is 3. The number of rotatable bonds is 5. The lowest BCUT2D eigenvalue weighted by atomic mass is 10.0.